The minimum absolute atomic E-state index is 0.0847. The molecular weight excluding hydrogens is 648 g/mol. The Morgan fingerprint density at radius 1 is 0.759 bits per heavy atom. The van der Waals surface area contributed by atoms with E-state index in [-0.39, 0.29) is 11.5 Å². The molecule has 0 amide bonds. The Hall–Kier alpha value is -1.08. The molecule has 0 aliphatic carbocycles. The Labute approximate surface area is 191 Å². The topological polar surface area (TPSA) is 140 Å². The molecule has 0 aliphatic rings. The van der Waals surface area contributed by atoms with Gasteiger partial charge in [-0.1, -0.05) is 0 Å². The van der Waals surface area contributed by atoms with Crippen LogP contribution in [0.5, 0.6) is 11.5 Å². The van der Waals surface area contributed by atoms with Gasteiger partial charge in [-0.25, -0.2) is 4.31 Å². The lowest BCUT2D eigenvalue weighted by Gasteiger charge is -2.30. The summed E-state index contributed by atoms with van der Waals surface area (Å²) in [6.45, 7) is 0. The summed E-state index contributed by atoms with van der Waals surface area (Å²) in [6, 6.07) is 10.5. The van der Waals surface area contributed by atoms with Gasteiger partial charge in [-0.15, -0.1) is 0 Å². The number of fused-ring (bicyclic) bond motifs is 2. The number of phosphoric ester groups is 2. The van der Waals surface area contributed by atoms with E-state index >= 15 is 0 Å². The van der Waals surface area contributed by atoms with Gasteiger partial charge in [-0.3, -0.25) is 9.13 Å². The molecule has 0 spiro atoms. The van der Waals surface area contributed by atoms with Crippen molar-refractivity contribution >= 4 is 82.6 Å². The second-order valence-corrected chi connectivity index (χ2v) is 11.1. The van der Waals surface area contributed by atoms with Gasteiger partial charge < -0.3 is 28.8 Å². The fourth-order valence-electron chi connectivity index (χ4n) is 2.68. The van der Waals surface area contributed by atoms with Gasteiger partial charge in [0.05, 0.1) is 0 Å². The summed E-state index contributed by atoms with van der Waals surface area (Å²) in [5.41, 5.74) is 1.24. The quantitative estimate of drug-likeness (QED) is 0.233. The van der Waals surface area contributed by atoms with Crippen molar-refractivity contribution in [2.45, 2.75) is 0 Å². The Bertz CT molecular complexity index is 1220. The van der Waals surface area contributed by atoms with E-state index in [0.717, 1.165) is 7.14 Å². The van der Waals surface area contributed by atoms with Crippen LogP contribution in [0.25, 0.3) is 21.8 Å². The molecule has 0 saturated heterocycles. The number of hydrogen-bond donors (Lipinski definition) is 2. The van der Waals surface area contributed by atoms with Crippen molar-refractivity contribution < 1.29 is 32.3 Å². The van der Waals surface area contributed by atoms with Crippen LogP contribution in [0.2, 0.25) is 0 Å². The second kappa shape index (κ2) is 7.88. The number of H-pyrrole nitrogens is 2. The van der Waals surface area contributed by atoms with Crippen LogP contribution in [0.1, 0.15) is 0 Å². The number of nitrogens with one attached hydrogen (secondary N) is 2. The van der Waals surface area contributed by atoms with E-state index in [1.54, 1.807) is 24.3 Å². The maximum atomic E-state index is 12.2. The van der Waals surface area contributed by atoms with E-state index in [0.29, 0.717) is 21.8 Å². The summed E-state index contributed by atoms with van der Waals surface area (Å²) in [6.07, 6.45) is 2.60. The summed E-state index contributed by atoms with van der Waals surface area (Å²) >= 11 is 4.11. The van der Waals surface area contributed by atoms with E-state index in [1.807, 2.05) is 12.1 Å². The Morgan fingerprint density at radius 3 is 1.59 bits per heavy atom. The van der Waals surface area contributed by atoms with Crippen molar-refractivity contribution in [3.63, 3.8) is 0 Å². The molecule has 4 rings (SSSR count). The summed E-state index contributed by atoms with van der Waals surface area (Å²) in [5.74, 6) is -0.169. The molecule has 152 valence electrons. The molecule has 13 heteroatoms. The smallest absolute Gasteiger partial charge is 0.327 e. The van der Waals surface area contributed by atoms with Gasteiger partial charge in [0.2, 0.25) is 0 Å². The number of rotatable bonds is 6. The average Bonchev–Trinajstić information content (AvgIpc) is 3.17. The summed E-state index contributed by atoms with van der Waals surface area (Å²) in [5, 5.41) is 0.925. The number of hydrogen-bond acceptors (Lipinski definition) is 7. The van der Waals surface area contributed by atoms with Gasteiger partial charge in [0.15, 0.2) is 11.5 Å². The predicted octanol–water partition coefficient (Wildman–Crippen LogP) is 4.27. The van der Waals surface area contributed by atoms with Crippen molar-refractivity contribution in [3.8, 4) is 11.5 Å². The van der Waals surface area contributed by atoms with Crippen LogP contribution in [-0.4, -0.2) is 9.97 Å². The minimum atomic E-state index is -5.30. The average molecular weight is 658 g/mol. The Balaban J connectivity index is 1.55. The lowest BCUT2D eigenvalue weighted by Crippen LogP contribution is -2.16. The van der Waals surface area contributed by atoms with E-state index < -0.39 is 15.6 Å². The number of benzene rings is 2. The first-order chi connectivity index (χ1) is 13.6. The van der Waals surface area contributed by atoms with Gasteiger partial charge in [0.1, 0.15) is 0 Å². The highest BCUT2D eigenvalue weighted by atomic mass is 127. The van der Waals surface area contributed by atoms with Gasteiger partial charge in [-0.2, -0.15) is 0 Å². The normalized spacial score (nSPS) is 15.9. The monoisotopic (exact) mass is 658 g/mol. The Kier molecular flexibility index (Phi) is 5.75. The predicted molar refractivity (Wildman–Crippen MR) is 120 cm³/mol. The van der Waals surface area contributed by atoms with E-state index in [9.17, 15) is 18.9 Å². The molecule has 4 aromatic rings. The maximum absolute atomic E-state index is 12.2. The summed E-state index contributed by atoms with van der Waals surface area (Å²) in [4.78, 5) is 30.1. The SMILES string of the molecule is O=P([O-])(Oc1c[nH]c2ccc(I)cc12)OP(=O)([O-])Oc1c[nH]c2ccc(I)cc12. The first-order valence-electron chi connectivity index (χ1n) is 7.88. The van der Waals surface area contributed by atoms with Gasteiger partial charge in [0.25, 0.3) is 0 Å². The maximum Gasteiger partial charge on any atom is 0.327 e. The highest BCUT2D eigenvalue weighted by Gasteiger charge is 2.25. The molecule has 0 bridgehead atoms. The third kappa shape index (κ3) is 4.82. The fourth-order valence-corrected chi connectivity index (χ4v) is 5.70. The number of halogens is 2. The van der Waals surface area contributed by atoms with Crippen LogP contribution in [0.4, 0.5) is 0 Å². The molecule has 2 heterocycles. The van der Waals surface area contributed by atoms with Crippen LogP contribution in [0.15, 0.2) is 48.8 Å². The first-order valence-corrected chi connectivity index (χ1v) is 13.0. The van der Waals surface area contributed by atoms with Crippen LogP contribution in [0, 0.1) is 7.14 Å². The van der Waals surface area contributed by atoms with Crippen molar-refractivity contribution in [3.05, 3.63) is 55.9 Å². The second-order valence-electron chi connectivity index (χ2n) is 5.84. The number of aromatic amines is 2. The lowest BCUT2D eigenvalue weighted by atomic mass is 10.2. The van der Waals surface area contributed by atoms with Gasteiger partial charge in [-0.05, 0) is 81.6 Å². The fraction of sp³-hybridized carbons (Fsp3) is 0. The summed E-state index contributed by atoms with van der Waals surface area (Å²) < 4.78 is 40.0. The summed E-state index contributed by atoms with van der Waals surface area (Å²) in [7, 11) is -10.6. The molecule has 0 fully saturated rings. The van der Waals surface area contributed by atoms with E-state index in [4.69, 9.17) is 9.05 Å². The van der Waals surface area contributed by atoms with Crippen LogP contribution in [-0.2, 0) is 13.4 Å². The van der Waals surface area contributed by atoms with Crippen molar-refractivity contribution in [1.82, 2.24) is 9.97 Å². The van der Waals surface area contributed by atoms with E-state index in [2.05, 4.69) is 59.5 Å². The lowest BCUT2D eigenvalue weighted by molar-refractivity contribution is -0.234. The van der Waals surface area contributed by atoms with Crippen LogP contribution < -0.4 is 18.8 Å². The molecule has 2 N–H and O–H groups in total. The van der Waals surface area contributed by atoms with Gasteiger partial charge >= 0.3 is 15.6 Å². The number of phosphoric acid groups is 2. The molecule has 29 heavy (non-hydrogen) atoms. The minimum Gasteiger partial charge on any atom is -0.746 e. The van der Waals surface area contributed by atoms with Crippen molar-refractivity contribution in [1.29, 1.82) is 0 Å². The van der Waals surface area contributed by atoms with Crippen molar-refractivity contribution in [2.24, 2.45) is 0 Å². The van der Waals surface area contributed by atoms with Crippen LogP contribution in [0.3, 0.4) is 0 Å². The molecular formula is C16H10I2N2O7P2-2. The number of aromatic nitrogens is 2. The first kappa shape index (κ1) is 21.2. The highest BCUT2D eigenvalue weighted by molar-refractivity contribution is 14.1. The molecule has 2 aromatic carbocycles. The largest absolute Gasteiger partial charge is 0.746 e. The molecule has 2 aromatic heterocycles. The van der Waals surface area contributed by atoms with E-state index in [1.165, 1.54) is 12.4 Å². The van der Waals surface area contributed by atoms with Gasteiger partial charge in [0, 0.05) is 41.3 Å². The molecule has 2 unspecified atom stereocenters. The highest BCUT2D eigenvalue weighted by Crippen LogP contribution is 2.56. The zero-order valence-electron chi connectivity index (χ0n) is 14.1. The zero-order valence-corrected chi connectivity index (χ0v) is 20.2. The third-order valence-corrected chi connectivity index (χ3v) is 7.61. The van der Waals surface area contributed by atoms with Crippen molar-refractivity contribution in [2.75, 3.05) is 0 Å². The zero-order chi connectivity index (χ0) is 20.8. The molecule has 0 radical (unpaired) electrons. The Morgan fingerprint density at radius 2 is 1.17 bits per heavy atom. The van der Waals surface area contributed by atoms with Crippen LogP contribution >= 0.6 is 60.8 Å². The molecule has 0 aliphatic heterocycles. The third-order valence-electron chi connectivity index (χ3n) is 3.83. The molecule has 2 atom stereocenters. The molecule has 9 nitrogen and oxygen atoms in total. The molecule has 0 saturated carbocycles. The standard InChI is InChI=1S/C16H12I2N2O7P2/c17-9-1-3-13-11(5-9)15(7-19-13)25-28(21,22)27-29(23,24)26-16-8-20-14-4-2-10(18)6-12(14)16/h1-8,19-20H,(H,21,22)(H,23,24)/p-2.